The van der Waals surface area contributed by atoms with Gasteiger partial charge in [0.1, 0.15) is 18.1 Å². The number of methoxy groups -OCH3 is 1. The Morgan fingerprint density at radius 1 is 1.24 bits per heavy atom. The monoisotopic (exact) mass is 350 g/mol. The van der Waals surface area contributed by atoms with Gasteiger partial charge in [-0.3, -0.25) is 4.98 Å². The molecule has 0 saturated carbocycles. The molecule has 0 radical (unpaired) electrons. The SMILES string of the molecule is CCNCc1ccc(COc2ccc(OC)cc2Br)nc1. The average Bonchev–Trinajstić information content (AvgIpc) is 2.52. The van der Waals surface area contributed by atoms with Crippen LogP contribution < -0.4 is 14.8 Å². The van der Waals surface area contributed by atoms with Gasteiger partial charge in [-0.2, -0.15) is 0 Å². The predicted octanol–water partition coefficient (Wildman–Crippen LogP) is 3.54. The van der Waals surface area contributed by atoms with Gasteiger partial charge in [0.15, 0.2) is 0 Å². The molecule has 0 bridgehead atoms. The first kappa shape index (κ1) is 15.8. The maximum Gasteiger partial charge on any atom is 0.134 e. The summed E-state index contributed by atoms with van der Waals surface area (Å²) < 4.78 is 11.8. The van der Waals surface area contributed by atoms with E-state index >= 15 is 0 Å². The molecule has 0 saturated heterocycles. The third-order valence-electron chi connectivity index (χ3n) is 2.98. The van der Waals surface area contributed by atoms with Crippen LogP contribution in [0.2, 0.25) is 0 Å². The van der Waals surface area contributed by atoms with Crippen molar-refractivity contribution in [1.29, 1.82) is 0 Å². The highest BCUT2D eigenvalue weighted by molar-refractivity contribution is 9.10. The van der Waals surface area contributed by atoms with Crippen molar-refractivity contribution in [2.45, 2.75) is 20.1 Å². The number of ether oxygens (including phenoxy) is 2. The lowest BCUT2D eigenvalue weighted by Gasteiger charge is -2.09. The minimum Gasteiger partial charge on any atom is -0.497 e. The number of nitrogens with zero attached hydrogens (tertiary/aromatic N) is 1. The van der Waals surface area contributed by atoms with Crippen molar-refractivity contribution in [3.05, 3.63) is 52.3 Å². The largest absolute Gasteiger partial charge is 0.497 e. The van der Waals surface area contributed by atoms with E-state index in [1.165, 1.54) is 5.56 Å². The Hall–Kier alpha value is -1.59. The van der Waals surface area contributed by atoms with Crippen molar-refractivity contribution in [2.24, 2.45) is 0 Å². The molecule has 1 aromatic heterocycles. The van der Waals surface area contributed by atoms with Gasteiger partial charge in [-0.15, -0.1) is 0 Å². The molecule has 21 heavy (non-hydrogen) atoms. The zero-order chi connectivity index (χ0) is 15.1. The lowest BCUT2D eigenvalue weighted by atomic mass is 10.2. The molecule has 1 aromatic carbocycles. The van der Waals surface area contributed by atoms with E-state index in [-0.39, 0.29) is 0 Å². The molecular weight excluding hydrogens is 332 g/mol. The van der Waals surface area contributed by atoms with Crippen LogP contribution in [-0.2, 0) is 13.2 Å². The number of aromatic nitrogens is 1. The molecule has 2 aromatic rings. The molecule has 1 heterocycles. The lowest BCUT2D eigenvalue weighted by Crippen LogP contribution is -2.12. The van der Waals surface area contributed by atoms with Crippen molar-refractivity contribution in [3.63, 3.8) is 0 Å². The summed E-state index contributed by atoms with van der Waals surface area (Å²) in [4.78, 5) is 4.41. The molecule has 0 atom stereocenters. The van der Waals surface area contributed by atoms with Crippen LogP contribution in [0.4, 0.5) is 0 Å². The Labute approximate surface area is 133 Å². The van der Waals surface area contributed by atoms with E-state index in [0.29, 0.717) is 6.61 Å². The van der Waals surface area contributed by atoms with Crippen LogP contribution in [0.1, 0.15) is 18.2 Å². The highest BCUT2D eigenvalue weighted by atomic mass is 79.9. The molecule has 5 heteroatoms. The Kier molecular flexibility index (Phi) is 6.02. The van der Waals surface area contributed by atoms with Crippen LogP contribution in [0.25, 0.3) is 0 Å². The third kappa shape index (κ3) is 4.72. The van der Waals surface area contributed by atoms with Gasteiger partial charge in [-0.05, 0) is 52.3 Å². The van der Waals surface area contributed by atoms with Gasteiger partial charge in [0.2, 0.25) is 0 Å². The summed E-state index contributed by atoms with van der Waals surface area (Å²) in [5, 5.41) is 3.27. The van der Waals surface area contributed by atoms with Gasteiger partial charge in [0, 0.05) is 12.7 Å². The fourth-order valence-corrected chi connectivity index (χ4v) is 2.26. The first-order valence-corrected chi connectivity index (χ1v) is 7.63. The first-order valence-electron chi connectivity index (χ1n) is 6.83. The van der Waals surface area contributed by atoms with Crippen LogP contribution in [0.15, 0.2) is 41.0 Å². The van der Waals surface area contributed by atoms with Crippen LogP contribution >= 0.6 is 15.9 Å². The number of halogens is 1. The molecule has 0 spiro atoms. The summed E-state index contributed by atoms with van der Waals surface area (Å²) in [6.07, 6.45) is 1.88. The predicted molar refractivity (Wildman–Crippen MR) is 86.6 cm³/mol. The summed E-state index contributed by atoms with van der Waals surface area (Å²) in [5.74, 6) is 1.56. The second-order valence-corrected chi connectivity index (χ2v) is 5.38. The van der Waals surface area contributed by atoms with Crippen molar-refractivity contribution < 1.29 is 9.47 Å². The van der Waals surface area contributed by atoms with Crippen molar-refractivity contribution in [2.75, 3.05) is 13.7 Å². The van der Waals surface area contributed by atoms with Crippen LogP contribution in [0, 0.1) is 0 Å². The summed E-state index contributed by atoms with van der Waals surface area (Å²) in [6, 6.07) is 9.68. The number of pyridine rings is 1. The zero-order valence-corrected chi connectivity index (χ0v) is 13.8. The van der Waals surface area contributed by atoms with E-state index in [4.69, 9.17) is 9.47 Å². The number of rotatable bonds is 7. The molecule has 0 aliphatic rings. The van der Waals surface area contributed by atoms with Crippen molar-refractivity contribution in [1.82, 2.24) is 10.3 Å². The standard InChI is InChI=1S/C16H19BrN2O2/c1-3-18-9-12-4-5-13(19-10-12)11-21-16-7-6-14(20-2)8-15(16)17/h4-8,10,18H,3,9,11H2,1-2H3. The molecule has 2 rings (SSSR count). The maximum atomic E-state index is 5.76. The van der Waals surface area contributed by atoms with E-state index in [9.17, 15) is 0 Å². The van der Waals surface area contributed by atoms with E-state index in [2.05, 4.69) is 39.2 Å². The van der Waals surface area contributed by atoms with Crippen molar-refractivity contribution in [3.8, 4) is 11.5 Å². The molecule has 0 fully saturated rings. The Morgan fingerprint density at radius 3 is 2.71 bits per heavy atom. The number of hydrogen-bond donors (Lipinski definition) is 1. The normalized spacial score (nSPS) is 10.4. The summed E-state index contributed by atoms with van der Waals surface area (Å²) in [7, 11) is 1.64. The first-order chi connectivity index (χ1) is 10.2. The molecule has 0 unspecified atom stereocenters. The molecule has 1 N–H and O–H groups in total. The summed E-state index contributed by atoms with van der Waals surface area (Å²) in [6.45, 7) is 4.32. The smallest absolute Gasteiger partial charge is 0.134 e. The van der Waals surface area contributed by atoms with Gasteiger partial charge in [0.25, 0.3) is 0 Å². The highest BCUT2D eigenvalue weighted by Gasteiger charge is 2.04. The lowest BCUT2D eigenvalue weighted by molar-refractivity contribution is 0.298. The molecule has 0 aliphatic carbocycles. The number of benzene rings is 1. The Bertz CT molecular complexity index is 573. The summed E-state index contributed by atoms with van der Waals surface area (Å²) in [5.41, 5.74) is 2.07. The number of hydrogen-bond acceptors (Lipinski definition) is 4. The Morgan fingerprint density at radius 2 is 2.10 bits per heavy atom. The van der Waals surface area contributed by atoms with Crippen LogP contribution in [0.5, 0.6) is 11.5 Å². The van der Waals surface area contributed by atoms with E-state index in [0.717, 1.165) is 34.8 Å². The second kappa shape index (κ2) is 8.00. The van der Waals surface area contributed by atoms with Gasteiger partial charge in [0.05, 0.1) is 17.3 Å². The van der Waals surface area contributed by atoms with Crippen LogP contribution in [0.3, 0.4) is 0 Å². The number of nitrogens with one attached hydrogen (secondary N) is 1. The highest BCUT2D eigenvalue weighted by Crippen LogP contribution is 2.29. The van der Waals surface area contributed by atoms with E-state index < -0.39 is 0 Å². The minimum atomic E-state index is 0.437. The zero-order valence-electron chi connectivity index (χ0n) is 12.2. The fourth-order valence-electron chi connectivity index (χ4n) is 1.79. The maximum absolute atomic E-state index is 5.76. The fraction of sp³-hybridized carbons (Fsp3) is 0.312. The Balaban J connectivity index is 1.93. The van der Waals surface area contributed by atoms with E-state index in [1.54, 1.807) is 7.11 Å². The average molecular weight is 351 g/mol. The van der Waals surface area contributed by atoms with E-state index in [1.807, 2.05) is 30.5 Å². The quantitative estimate of drug-likeness (QED) is 0.829. The van der Waals surface area contributed by atoms with Gasteiger partial charge < -0.3 is 14.8 Å². The summed E-state index contributed by atoms with van der Waals surface area (Å²) >= 11 is 3.47. The molecular formula is C16H19BrN2O2. The van der Waals surface area contributed by atoms with Gasteiger partial charge in [-0.25, -0.2) is 0 Å². The molecule has 0 amide bonds. The van der Waals surface area contributed by atoms with Crippen LogP contribution in [-0.4, -0.2) is 18.6 Å². The molecule has 4 nitrogen and oxygen atoms in total. The third-order valence-corrected chi connectivity index (χ3v) is 3.60. The van der Waals surface area contributed by atoms with Gasteiger partial charge in [-0.1, -0.05) is 13.0 Å². The molecule has 0 aliphatic heterocycles. The van der Waals surface area contributed by atoms with Gasteiger partial charge >= 0.3 is 0 Å². The second-order valence-electron chi connectivity index (χ2n) is 4.52. The van der Waals surface area contributed by atoms with Crippen molar-refractivity contribution >= 4 is 15.9 Å². The minimum absolute atomic E-state index is 0.437. The molecule has 112 valence electrons. The topological polar surface area (TPSA) is 43.4 Å².